The molecule has 3 aromatic rings. The van der Waals surface area contributed by atoms with Crippen LogP contribution in [0.4, 0.5) is 0 Å². The normalized spacial score (nSPS) is 16.3. The summed E-state index contributed by atoms with van der Waals surface area (Å²) in [5.74, 6) is -0.662. The summed E-state index contributed by atoms with van der Waals surface area (Å²) >= 11 is 1.70. The van der Waals surface area contributed by atoms with Crippen LogP contribution in [0.25, 0.3) is 11.1 Å². The minimum atomic E-state index is -3.98. The number of thiophene rings is 1. The molecule has 1 aliphatic rings. The molecule has 1 atom stereocenters. The Morgan fingerprint density at radius 2 is 1.71 bits per heavy atom. The number of hydrogen-bond acceptors (Lipinski definition) is 6. The number of piperidine rings is 1. The molecule has 34 heavy (non-hydrogen) atoms. The van der Waals surface area contributed by atoms with Crippen molar-refractivity contribution in [1.82, 2.24) is 9.62 Å². The average Bonchev–Trinajstić information content (AvgIpc) is 3.36. The average molecular weight is 501 g/mol. The van der Waals surface area contributed by atoms with E-state index in [2.05, 4.69) is 15.7 Å². The highest BCUT2D eigenvalue weighted by molar-refractivity contribution is 7.89. The van der Waals surface area contributed by atoms with Crippen LogP contribution in [-0.2, 0) is 21.4 Å². The summed E-state index contributed by atoms with van der Waals surface area (Å²) in [7, 11) is -2.38. The third kappa shape index (κ3) is 5.85. The lowest BCUT2D eigenvalue weighted by atomic mass is 9.90. The van der Waals surface area contributed by atoms with Gasteiger partial charge in [0.1, 0.15) is 11.8 Å². The second-order valence-corrected chi connectivity index (χ2v) is 11.1. The van der Waals surface area contributed by atoms with Gasteiger partial charge in [0.2, 0.25) is 10.0 Å². The summed E-state index contributed by atoms with van der Waals surface area (Å²) < 4.78 is 33.6. The Labute approximate surface area is 204 Å². The minimum Gasteiger partial charge on any atom is -0.497 e. The number of carboxylic acids is 1. The van der Waals surface area contributed by atoms with Crippen LogP contribution in [0.1, 0.15) is 17.7 Å². The van der Waals surface area contributed by atoms with Crippen LogP contribution in [0.2, 0.25) is 0 Å². The van der Waals surface area contributed by atoms with Crippen molar-refractivity contribution in [3.63, 3.8) is 0 Å². The maximum absolute atomic E-state index is 13.0. The van der Waals surface area contributed by atoms with E-state index in [4.69, 9.17) is 4.74 Å². The number of hydrogen-bond donors (Lipinski definition) is 2. The smallest absolute Gasteiger partial charge is 0.322 e. The van der Waals surface area contributed by atoms with Crippen molar-refractivity contribution in [1.29, 1.82) is 0 Å². The van der Waals surface area contributed by atoms with Crippen molar-refractivity contribution < 1.29 is 23.1 Å². The maximum Gasteiger partial charge on any atom is 0.322 e. The number of carbonyl (C=O) groups is 1. The van der Waals surface area contributed by atoms with Crippen molar-refractivity contribution in [2.24, 2.45) is 5.92 Å². The number of ether oxygens (including phenoxy) is 1. The molecule has 1 unspecified atom stereocenters. The quantitative estimate of drug-likeness (QED) is 0.460. The van der Waals surface area contributed by atoms with Gasteiger partial charge < -0.3 is 9.84 Å². The third-order valence-electron chi connectivity index (χ3n) is 6.20. The summed E-state index contributed by atoms with van der Waals surface area (Å²) in [4.78, 5) is 15.6. The van der Waals surface area contributed by atoms with Crippen molar-refractivity contribution in [3.8, 4) is 16.9 Å². The topological polar surface area (TPSA) is 95.9 Å². The maximum atomic E-state index is 13.0. The van der Waals surface area contributed by atoms with E-state index in [1.54, 1.807) is 30.6 Å². The van der Waals surface area contributed by atoms with E-state index >= 15 is 0 Å². The predicted molar refractivity (Wildman–Crippen MR) is 132 cm³/mol. The summed E-state index contributed by atoms with van der Waals surface area (Å²) in [5.41, 5.74) is 1.78. The summed E-state index contributed by atoms with van der Waals surface area (Å²) in [6.07, 6.45) is 1.25. The van der Waals surface area contributed by atoms with Crippen LogP contribution in [0.5, 0.6) is 5.75 Å². The van der Waals surface area contributed by atoms with E-state index in [1.165, 1.54) is 17.0 Å². The van der Waals surface area contributed by atoms with Gasteiger partial charge in [0, 0.05) is 11.4 Å². The molecule has 0 spiro atoms. The van der Waals surface area contributed by atoms with Crippen molar-refractivity contribution >= 4 is 27.3 Å². The monoisotopic (exact) mass is 500 g/mol. The van der Waals surface area contributed by atoms with E-state index in [-0.39, 0.29) is 10.8 Å². The highest BCUT2D eigenvalue weighted by Gasteiger charge is 2.35. The number of aliphatic carboxylic acids is 1. The molecule has 0 aliphatic carbocycles. The van der Waals surface area contributed by atoms with E-state index in [9.17, 15) is 18.3 Å². The van der Waals surface area contributed by atoms with E-state index < -0.39 is 22.0 Å². The fraction of sp³-hybridized carbons (Fsp3) is 0.320. The van der Waals surface area contributed by atoms with Gasteiger partial charge in [0.25, 0.3) is 0 Å². The largest absolute Gasteiger partial charge is 0.497 e. The Hall–Kier alpha value is -2.72. The number of methoxy groups -OCH3 is 1. The first kappa shape index (κ1) is 24.4. The van der Waals surface area contributed by atoms with Gasteiger partial charge in [0.05, 0.1) is 12.0 Å². The highest BCUT2D eigenvalue weighted by Crippen LogP contribution is 2.26. The number of carboxylic acid groups (broad SMARTS) is 1. The van der Waals surface area contributed by atoms with Crippen LogP contribution in [-0.4, -0.2) is 50.6 Å². The molecule has 2 N–H and O–H groups in total. The first-order chi connectivity index (χ1) is 16.4. The SMILES string of the molecule is COc1ccc(-c2ccc(S(=O)(=O)NC(C(=O)O)C3CCN(Cc4cccs4)CC3)cc2)cc1. The molecule has 0 saturated carbocycles. The van der Waals surface area contributed by atoms with Crippen LogP contribution in [0, 0.1) is 5.92 Å². The standard InChI is InChI=1S/C25H28N2O5S2/c1-32-21-8-4-18(5-9-21)19-6-10-23(11-7-19)34(30,31)26-24(25(28)29)20-12-14-27(15-13-20)17-22-3-2-16-33-22/h2-11,16,20,24,26H,12-15,17H2,1H3,(H,28,29). The van der Waals surface area contributed by atoms with Gasteiger partial charge in [-0.1, -0.05) is 30.3 Å². The predicted octanol–water partition coefficient (Wildman–Crippen LogP) is 4.07. The Bertz CT molecular complexity index is 1190. The first-order valence-electron chi connectivity index (χ1n) is 11.1. The van der Waals surface area contributed by atoms with Crippen LogP contribution < -0.4 is 9.46 Å². The Morgan fingerprint density at radius 3 is 2.24 bits per heavy atom. The van der Waals surface area contributed by atoms with E-state index in [1.807, 2.05) is 35.7 Å². The molecule has 2 aromatic carbocycles. The lowest BCUT2D eigenvalue weighted by molar-refractivity contribution is -0.140. The molecule has 4 rings (SSSR count). The lowest BCUT2D eigenvalue weighted by Crippen LogP contribution is -2.49. The number of rotatable bonds is 9. The fourth-order valence-electron chi connectivity index (χ4n) is 4.26. The molecule has 1 fully saturated rings. The van der Waals surface area contributed by atoms with Gasteiger partial charge in [-0.3, -0.25) is 9.69 Å². The van der Waals surface area contributed by atoms with Gasteiger partial charge >= 0.3 is 5.97 Å². The molecule has 9 heteroatoms. The molecular formula is C25H28N2O5S2. The van der Waals surface area contributed by atoms with Gasteiger partial charge in [-0.25, -0.2) is 8.42 Å². The van der Waals surface area contributed by atoms with Crippen LogP contribution in [0.15, 0.2) is 70.9 Å². The summed E-state index contributed by atoms with van der Waals surface area (Å²) in [6, 6.07) is 16.9. The van der Waals surface area contributed by atoms with E-state index in [0.717, 1.165) is 36.5 Å². The van der Waals surface area contributed by atoms with Gasteiger partial charge in [0.15, 0.2) is 0 Å². The van der Waals surface area contributed by atoms with Crippen molar-refractivity contribution in [2.45, 2.75) is 30.3 Å². The second kappa shape index (κ2) is 10.7. The zero-order valence-corrected chi connectivity index (χ0v) is 20.5. The van der Waals surface area contributed by atoms with Crippen LogP contribution in [0.3, 0.4) is 0 Å². The Balaban J connectivity index is 1.41. The number of nitrogens with zero attached hydrogens (tertiary/aromatic N) is 1. The highest BCUT2D eigenvalue weighted by atomic mass is 32.2. The molecule has 1 aromatic heterocycles. The molecule has 180 valence electrons. The number of nitrogens with one attached hydrogen (secondary N) is 1. The molecule has 1 aliphatic heterocycles. The number of sulfonamides is 1. The number of likely N-dealkylation sites (tertiary alicyclic amines) is 1. The summed E-state index contributed by atoms with van der Waals surface area (Å²) in [5, 5.41) is 11.8. The third-order valence-corrected chi connectivity index (χ3v) is 8.52. The first-order valence-corrected chi connectivity index (χ1v) is 13.5. The van der Waals surface area contributed by atoms with Crippen molar-refractivity contribution in [3.05, 3.63) is 70.9 Å². The molecule has 2 heterocycles. The summed E-state index contributed by atoms with van der Waals surface area (Å²) in [6.45, 7) is 2.32. The minimum absolute atomic E-state index is 0.0474. The zero-order chi connectivity index (χ0) is 24.1. The molecule has 7 nitrogen and oxygen atoms in total. The molecule has 0 amide bonds. The van der Waals surface area contributed by atoms with Crippen LogP contribution >= 0.6 is 11.3 Å². The number of benzene rings is 2. The Kier molecular flexibility index (Phi) is 7.67. The van der Waals surface area contributed by atoms with E-state index in [0.29, 0.717) is 12.8 Å². The molecule has 1 saturated heterocycles. The zero-order valence-electron chi connectivity index (χ0n) is 18.9. The lowest BCUT2D eigenvalue weighted by Gasteiger charge is -2.34. The van der Waals surface area contributed by atoms with Gasteiger partial charge in [-0.05, 0) is 78.7 Å². The molecular weight excluding hydrogens is 472 g/mol. The van der Waals surface area contributed by atoms with Gasteiger partial charge in [-0.2, -0.15) is 4.72 Å². The molecule has 0 bridgehead atoms. The molecule has 0 radical (unpaired) electrons. The van der Waals surface area contributed by atoms with Crippen molar-refractivity contribution in [2.75, 3.05) is 20.2 Å². The van der Waals surface area contributed by atoms with Gasteiger partial charge in [-0.15, -0.1) is 11.3 Å². The Morgan fingerprint density at radius 1 is 1.09 bits per heavy atom. The fourth-order valence-corrected chi connectivity index (χ4v) is 6.26. The second-order valence-electron chi connectivity index (χ2n) is 8.38.